The van der Waals surface area contributed by atoms with Crippen molar-refractivity contribution < 1.29 is 9.46 Å². The van der Waals surface area contributed by atoms with Crippen molar-refractivity contribution in [2.24, 2.45) is 5.73 Å². The van der Waals surface area contributed by atoms with Crippen LogP contribution in [0.2, 0.25) is 0 Å². The second-order valence-electron chi connectivity index (χ2n) is 2.26. The molecule has 0 saturated heterocycles. The molecule has 0 spiro atoms. The van der Waals surface area contributed by atoms with Crippen LogP contribution in [0.1, 0.15) is 6.42 Å². The smallest absolute Gasteiger partial charge is 0.0932 e. The lowest BCUT2D eigenvalue weighted by Gasteiger charge is -2.17. The Kier molecular flexibility index (Phi) is 3.59. The van der Waals surface area contributed by atoms with Crippen molar-refractivity contribution >= 4 is 7.37 Å². The Morgan fingerprint density at radius 2 is 2.40 bits per heavy atom. The number of rotatable bonds is 3. The number of hydrogen-bond donors (Lipinski definition) is 1. The van der Waals surface area contributed by atoms with Gasteiger partial charge < -0.3 is 15.2 Å². The minimum atomic E-state index is -3.21. The van der Waals surface area contributed by atoms with Gasteiger partial charge in [-0.1, -0.05) is 0 Å². The van der Waals surface area contributed by atoms with E-state index in [1.807, 2.05) is 0 Å². The summed E-state index contributed by atoms with van der Waals surface area (Å²) in [6, 6.07) is 1.10. The minimum Gasteiger partial charge on any atom is -0.799 e. The first-order chi connectivity index (χ1) is 4.45. The van der Waals surface area contributed by atoms with Gasteiger partial charge in [-0.15, -0.1) is 0 Å². The molecule has 0 fully saturated rings. The summed E-state index contributed by atoms with van der Waals surface area (Å²) >= 11 is 0. The molecule has 5 heteroatoms. The molecule has 0 aromatic rings. The Morgan fingerprint density at radius 3 is 2.70 bits per heavy atom. The molecule has 0 saturated carbocycles. The van der Waals surface area contributed by atoms with Gasteiger partial charge in [0.05, 0.1) is 12.1 Å². The van der Waals surface area contributed by atoms with Crippen LogP contribution in [0, 0.1) is 11.3 Å². The third-order valence-electron chi connectivity index (χ3n) is 1.01. The summed E-state index contributed by atoms with van der Waals surface area (Å²) in [5.41, 5.74) is 5.16. The molecule has 0 aromatic carbocycles. The molecule has 0 rings (SSSR count). The molecule has 0 amide bonds. The summed E-state index contributed by atoms with van der Waals surface area (Å²) in [6.45, 7) is 1.15. The lowest BCUT2D eigenvalue weighted by molar-refractivity contribution is -0.173. The molecule has 2 N–H and O–H groups in total. The van der Waals surface area contributed by atoms with E-state index in [2.05, 4.69) is 0 Å². The van der Waals surface area contributed by atoms with Gasteiger partial charge in [-0.25, -0.2) is 0 Å². The highest BCUT2D eigenvalue weighted by Gasteiger charge is 2.03. The van der Waals surface area contributed by atoms with Crippen LogP contribution in [-0.2, 0) is 4.57 Å². The van der Waals surface area contributed by atoms with Gasteiger partial charge in [0.25, 0.3) is 0 Å². The largest absolute Gasteiger partial charge is 0.799 e. The molecule has 0 aliphatic rings. The van der Waals surface area contributed by atoms with Gasteiger partial charge in [0.1, 0.15) is 0 Å². The zero-order valence-corrected chi connectivity index (χ0v) is 6.67. The Hall–Kier alpha value is -0.360. The highest BCUT2D eigenvalue weighted by molar-refractivity contribution is 7.55. The highest BCUT2D eigenvalue weighted by atomic mass is 31.2. The van der Waals surface area contributed by atoms with Gasteiger partial charge in [-0.05, 0) is 19.2 Å². The molecule has 58 valence electrons. The summed E-state index contributed by atoms with van der Waals surface area (Å²) in [5, 5.41) is 8.16. The number of hydrogen-bond acceptors (Lipinski definition) is 4. The van der Waals surface area contributed by atoms with Crippen LogP contribution in [0.5, 0.6) is 0 Å². The predicted molar refractivity (Wildman–Crippen MR) is 36.6 cm³/mol. The number of nitrogens with zero attached hydrogens (tertiary/aromatic N) is 1. The Morgan fingerprint density at radius 1 is 1.90 bits per heavy atom. The highest BCUT2D eigenvalue weighted by Crippen LogP contribution is 2.30. The van der Waals surface area contributed by atoms with Crippen molar-refractivity contribution in [1.29, 1.82) is 5.26 Å². The molecule has 0 aliphatic heterocycles. The Bertz CT molecular complexity index is 181. The molecular weight excluding hydrogens is 151 g/mol. The van der Waals surface area contributed by atoms with Crippen molar-refractivity contribution in [1.82, 2.24) is 0 Å². The van der Waals surface area contributed by atoms with Crippen LogP contribution in [-0.4, -0.2) is 18.9 Å². The summed E-state index contributed by atoms with van der Waals surface area (Å²) in [7, 11) is -3.21. The van der Waals surface area contributed by atoms with Crippen LogP contribution in [0.3, 0.4) is 0 Å². The van der Waals surface area contributed by atoms with E-state index in [1.54, 1.807) is 6.07 Å². The maximum absolute atomic E-state index is 10.5. The number of nitrogens with two attached hydrogens (primary N) is 1. The molecule has 0 heterocycles. The quantitative estimate of drug-likeness (QED) is 0.564. The standard InChI is InChI=1S/C5H11N2O2P/c1-10(8,9)3-2-5(7)4-6/h5H,2-3,7H2,1H3,(H,8,9)/p-1. The molecule has 2 unspecified atom stereocenters. The SMILES string of the molecule is CP(=O)([O-])CCC(N)C#N. The summed E-state index contributed by atoms with van der Waals surface area (Å²) in [5.74, 6) is 0. The third-order valence-corrected chi connectivity index (χ3v) is 2.08. The first-order valence-electron chi connectivity index (χ1n) is 2.88. The molecule has 4 nitrogen and oxygen atoms in total. The van der Waals surface area contributed by atoms with Crippen molar-refractivity contribution in [3.63, 3.8) is 0 Å². The van der Waals surface area contributed by atoms with Gasteiger partial charge in [-0.2, -0.15) is 5.26 Å². The third kappa shape index (κ3) is 5.77. The van der Waals surface area contributed by atoms with Crippen LogP contribution >= 0.6 is 7.37 Å². The zero-order valence-electron chi connectivity index (χ0n) is 5.78. The molecule has 0 bridgehead atoms. The van der Waals surface area contributed by atoms with Crippen molar-refractivity contribution in [2.75, 3.05) is 12.8 Å². The molecule has 0 aliphatic carbocycles. The van der Waals surface area contributed by atoms with Crippen LogP contribution in [0.25, 0.3) is 0 Å². The normalized spacial score (nSPS) is 19.0. The summed E-state index contributed by atoms with van der Waals surface area (Å²) < 4.78 is 10.5. The predicted octanol–water partition coefficient (Wildman–Crippen LogP) is -0.504. The van der Waals surface area contributed by atoms with Crippen molar-refractivity contribution in [3.05, 3.63) is 0 Å². The average Bonchev–Trinajstić information content (AvgIpc) is 1.81. The van der Waals surface area contributed by atoms with Gasteiger partial charge in [0.2, 0.25) is 0 Å². The van der Waals surface area contributed by atoms with Gasteiger partial charge >= 0.3 is 0 Å². The molecule has 2 atom stereocenters. The number of nitriles is 1. The van der Waals surface area contributed by atoms with E-state index in [4.69, 9.17) is 11.0 Å². The van der Waals surface area contributed by atoms with Crippen LogP contribution < -0.4 is 10.6 Å². The van der Waals surface area contributed by atoms with E-state index in [-0.39, 0.29) is 12.6 Å². The summed E-state index contributed by atoms with van der Waals surface area (Å²) in [6.07, 6.45) is 0.246. The van der Waals surface area contributed by atoms with Gasteiger partial charge in [0, 0.05) is 7.37 Å². The molecule has 0 radical (unpaired) electrons. The average molecular weight is 161 g/mol. The lowest BCUT2D eigenvalue weighted by Crippen LogP contribution is -2.20. The first-order valence-corrected chi connectivity index (χ1v) is 5.14. The Balaban J connectivity index is 3.58. The van der Waals surface area contributed by atoms with Gasteiger partial charge in [-0.3, -0.25) is 0 Å². The first kappa shape index (κ1) is 9.64. The molecular formula is C5H10N2O2P-. The molecule has 0 aromatic heterocycles. The van der Waals surface area contributed by atoms with E-state index in [9.17, 15) is 9.46 Å². The summed E-state index contributed by atoms with van der Waals surface area (Å²) in [4.78, 5) is 10.5. The van der Waals surface area contributed by atoms with E-state index >= 15 is 0 Å². The minimum absolute atomic E-state index is 0.0156. The van der Waals surface area contributed by atoms with E-state index in [0.29, 0.717) is 0 Å². The fourth-order valence-corrected chi connectivity index (χ4v) is 1.19. The van der Waals surface area contributed by atoms with E-state index in [0.717, 1.165) is 6.66 Å². The second-order valence-corrected chi connectivity index (χ2v) is 4.74. The van der Waals surface area contributed by atoms with E-state index < -0.39 is 13.4 Å². The molecule has 10 heavy (non-hydrogen) atoms. The van der Waals surface area contributed by atoms with E-state index in [1.165, 1.54) is 0 Å². The maximum Gasteiger partial charge on any atom is 0.0932 e. The van der Waals surface area contributed by atoms with Crippen molar-refractivity contribution in [3.8, 4) is 6.07 Å². The zero-order chi connectivity index (χ0) is 8.20. The monoisotopic (exact) mass is 161 g/mol. The maximum atomic E-state index is 10.5. The van der Waals surface area contributed by atoms with Crippen LogP contribution in [0.15, 0.2) is 0 Å². The lowest BCUT2D eigenvalue weighted by atomic mass is 10.3. The topological polar surface area (TPSA) is 89.9 Å². The van der Waals surface area contributed by atoms with Crippen molar-refractivity contribution in [2.45, 2.75) is 12.5 Å². The Labute approximate surface area is 60.1 Å². The van der Waals surface area contributed by atoms with Gasteiger partial charge in [0.15, 0.2) is 0 Å². The second kappa shape index (κ2) is 3.72. The van der Waals surface area contributed by atoms with Crippen LogP contribution in [0.4, 0.5) is 0 Å². The fraction of sp³-hybridized carbons (Fsp3) is 0.800. The fourth-order valence-electron chi connectivity index (χ4n) is 0.438.